The van der Waals surface area contributed by atoms with Gasteiger partial charge in [-0.25, -0.2) is 4.98 Å². The van der Waals surface area contributed by atoms with Crippen molar-refractivity contribution in [2.24, 2.45) is 0 Å². The highest BCUT2D eigenvalue weighted by molar-refractivity contribution is 6.33. The van der Waals surface area contributed by atoms with Crippen LogP contribution in [0.1, 0.15) is 0 Å². The molecular weight excluding hydrogens is 354 g/mol. The van der Waals surface area contributed by atoms with Gasteiger partial charge in [-0.3, -0.25) is 4.79 Å². The molecule has 0 saturated heterocycles. The Balaban J connectivity index is 1.74. The molecule has 0 spiro atoms. The molecule has 2 N–H and O–H groups in total. The first-order valence-electron chi connectivity index (χ1n) is 7.80. The van der Waals surface area contributed by atoms with Crippen molar-refractivity contribution >= 4 is 34.0 Å². The number of benzene rings is 2. The zero-order valence-corrected chi connectivity index (χ0v) is 14.5. The second-order valence-corrected chi connectivity index (χ2v) is 5.87. The summed E-state index contributed by atoms with van der Waals surface area (Å²) in [6.45, 7) is 0. The minimum absolute atomic E-state index is 0.00589. The predicted octanol–water partition coefficient (Wildman–Crippen LogP) is 3.51. The van der Waals surface area contributed by atoms with Gasteiger partial charge in [-0.2, -0.15) is 9.78 Å². The fourth-order valence-corrected chi connectivity index (χ4v) is 2.78. The second kappa shape index (κ2) is 6.53. The van der Waals surface area contributed by atoms with Gasteiger partial charge < -0.3 is 15.0 Å². The maximum atomic E-state index is 12.6. The van der Waals surface area contributed by atoms with Crippen molar-refractivity contribution in [3.8, 4) is 11.7 Å². The smallest absolute Gasteiger partial charge is 0.295 e. The number of H-pyrrole nitrogens is 1. The zero-order valence-electron chi connectivity index (χ0n) is 13.7. The largest absolute Gasteiger partial charge is 0.495 e. The number of aromatic amines is 1. The van der Waals surface area contributed by atoms with E-state index in [0.717, 1.165) is 15.7 Å². The first-order valence-corrected chi connectivity index (χ1v) is 8.18. The van der Waals surface area contributed by atoms with E-state index in [1.807, 2.05) is 42.5 Å². The zero-order chi connectivity index (χ0) is 18.1. The molecule has 4 aromatic rings. The minimum atomic E-state index is -0.481. The van der Waals surface area contributed by atoms with Crippen LogP contribution >= 0.6 is 11.6 Å². The van der Waals surface area contributed by atoms with Gasteiger partial charge in [-0.1, -0.05) is 35.9 Å². The number of rotatable bonds is 4. The van der Waals surface area contributed by atoms with Gasteiger partial charge in [-0.15, -0.1) is 0 Å². The third-order valence-electron chi connectivity index (χ3n) is 3.87. The Labute approximate surface area is 153 Å². The fourth-order valence-electron chi connectivity index (χ4n) is 2.60. The molecule has 0 aliphatic rings. The number of methoxy groups -OCH3 is 1. The summed E-state index contributed by atoms with van der Waals surface area (Å²) in [6.07, 6.45) is 1.48. The maximum Gasteiger partial charge on any atom is 0.295 e. The molecule has 7 nitrogen and oxygen atoms in total. The lowest BCUT2D eigenvalue weighted by molar-refractivity contribution is 0.417. The van der Waals surface area contributed by atoms with Crippen LogP contribution in [0.3, 0.4) is 0 Å². The molecule has 0 bridgehead atoms. The Morgan fingerprint density at radius 2 is 1.88 bits per heavy atom. The Hall–Kier alpha value is -3.32. The summed E-state index contributed by atoms with van der Waals surface area (Å²) in [5.74, 6) is 0.937. The first-order chi connectivity index (χ1) is 12.7. The summed E-state index contributed by atoms with van der Waals surface area (Å²) in [6, 6.07) is 14.8. The lowest BCUT2D eigenvalue weighted by Gasteiger charge is -2.12. The van der Waals surface area contributed by atoms with Crippen molar-refractivity contribution in [3.63, 3.8) is 0 Å². The molecule has 2 heterocycles. The molecule has 0 aliphatic heterocycles. The molecule has 0 unspecified atom stereocenters. The number of nitrogens with one attached hydrogen (secondary N) is 2. The number of ether oxygens (including phenoxy) is 1. The van der Waals surface area contributed by atoms with Crippen LogP contribution in [0.4, 0.5) is 11.4 Å². The molecule has 0 amide bonds. The van der Waals surface area contributed by atoms with E-state index in [1.54, 1.807) is 13.2 Å². The summed E-state index contributed by atoms with van der Waals surface area (Å²) < 4.78 is 6.42. The average molecular weight is 368 g/mol. The second-order valence-electron chi connectivity index (χ2n) is 5.49. The van der Waals surface area contributed by atoms with Crippen molar-refractivity contribution in [1.82, 2.24) is 19.7 Å². The van der Waals surface area contributed by atoms with Gasteiger partial charge >= 0.3 is 0 Å². The minimum Gasteiger partial charge on any atom is -0.495 e. The molecule has 0 saturated carbocycles. The highest BCUT2D eigenvalue weighted by atomic mass is 35.5. The van der Waals surface area contributed by atoms with Crippen LogP contribution in [0.25, 0.3) is 17.0 Å². The van der Waals surface area contributed by atoms with Crippen LogP contribution in [-0.2, 0) is 0 Å². The third-order valence-corrected chi connectivity index (χ3v) is 4.24. The quantitative estimate of drug-likeness (QED) is 0.576. The van der Waals surface area contributed by atoms with Crippen molar-refractivity contribution in [2.45, 2.75) is 0 Å². The Morgan fingerprint density at radius 3 is 2.69 bits per heavy atom. The van der Waals surface area contributed by atoms with Gasteiger partial charge in [0.05, 0.1) is 35.7 Å². The Kier molecular flexibility index (Phi) is 4.06. The van der Waals surface area contributed by atoms with Crippen LogP contribution < -0.4 is 15.6 Å². The number of hydrogen-bond donors (Lipinski definition) is 2. The van der Waals surface area contributed by atoms with E-state index in [2.05, 4.69) is 20.4 Å². The topological polar surface area (TPSA) is 84.8 Å². The summed E-state index contributed by atoms with van der Waals surface area (Å²) in [5.41, 5.74) is 2.13. The molecule has 26 heavy (non-hydrogen) atoms. The molecular formula is C18H14ClN5O2. The van der Waals surface area contributed by atoms with E-state index in [1.165, 1.54) is 6.20 Å². The van der Waals surface area contributed by atoms with Gasteiger partial charge in [0.15, 0.2) is 0 Å². The van der Waals surface area contributed by atoms with Gasteiger partial charge in [0.1, 0.15) is 10.8 Å². The molecule has 2 aromatic carbocycles. The predicted molar refractivity (Wildman–Crippen MR) is 101 cm³/mol. The SMILES string of the molecule is COc1ccccc1Nc1cnn(-c2nc3ccccc3[nH]2)c(=O)c1Cl. The third kappa shape index (κ3) is 2.78. The molecule has 0 fully saturated rings. The number of halogens is 1. The average Bonchev–Trinajstić information content (AvgIpc) is 3.10. The first kappa shape index (κ1) is 16.2. The fraction of sp³-hybridized carbons (Fsp3) is 0.0556. The van der Waals surface area contributed by atoms with E-state index in [9.17, 15) is 4.79 Å². The maximum absolute atomic E-state index is 12.6. The van der Waals surface area contributed by atoms with E-state index < -0.39 is 5.56 Å². The highest BCUT2D eigenvalue weighted by Crippen LogP contribution is 2.29. The van der Waals surface area contributed by atoms with Crippen LogP contribution in [0, 0.1) is 0 Å². The summed E-state index contributed by atoms with van der Waals surface area (Å²) in [5, 5.41) is 7.26. The molecule has 130 valence electrons. The molecule has 8 heteroatoms. The number of hydrogen-bond acceptors (Lipinski definition) is 5. The number of imidazole rings is 1. The number of nitrogens with zero attached hydrogens (tertiary/aromatic N) is 3. The van der Waals surface area contributed by atoms with Crippen LogP contribution in [0.2, 0.25) is 5.02 Å². The number of fused-ring (bicyclic) bond motifs is 1. The summed E-state index contributed by atoms with van der Waals surface area (Å²) >= 11 is 6.27. The van der Waals surface area contributed by atoms with Crippen molar-refractivity contribution in [2.75, 3.05) is 12.4 Å². The monoisotopic (exact) mass is 367 g/mol. The normalized spacial score (nSPS) is 10.8. The van der Waals surface area contributed by atoms with Crippen LogP contribution in [-0.4, -0.2) is 26.9 Å². The van der Waals surface area contributed by atoms with Gasteiger partial charge in [0, 0.05) is 0 Å². The molecule has 0 atom stereocenters. The van der Waals surface area contributed by atoms with Crippen LogP contribution in [0.15, 0.2) is 59.5 Å². The van der Waals surface area contributed by atoms with E-state index in [-0.39, 0.29) is 5.02 Å². The lowest BCUT2D eigenvalue weighted by Crippen LogP contribution is -2.23. The molecule has 4 rings (SSSR count). The van der Waals surface area contributed by atoms with Gasteiger partial charge in [-0.05, 0) is 24.3 Å². The summed E-state index contributed by atoms with van der Waals surface area (Å²) in [7, 11) is 1.57. The number of anilines is 2. The van der Waals surface area contributed by atoms with E-state index in [0.29, 0.717) is 23.1 Å². The van der Waals surface area contributed by atoms with Crippen LogP contribution in [0.5, 0.6) is 5.75 Å². The van der Waals surface area contributed by atoms with Crippen molar-refractivity contribution < 1.29 is 4.74 Å². The number of aromatic nitrogens is 4. The lowest BCUT2D eigenvalue weighted by atomic mass is 10.3. The highest BCUT2D eigenvalue weighted by Gasteiger charge is 2.14. The molecule has 2 aromatic heterocycles. The Bertz CT molecular complexity index is 1120. The van der Waals surface area contributed by atoms with Crippen molar-refractivity contribution in [3.05, 3.63) is 70.1 Å². The molecule has 0 radical (unpaired) electrons. The summed E-state index contributed by atoms with van der Waals surface area (Å²) in [4.78, 5) is 20.1. The van der Waals surface area contributed by atoms with Gasteiger partial charge in [0.25, 0.3) is 5.56 Å². The van der Waals surface area contributed by atoms with Crippen molar-refractivity contribution in [1.29, 1.82) is 0 Å². The van der Waals surface area contributed by atoms with E-state index in [4.69, 9.17) is 16.3 Å². The Morgan fingerprint density at radius 1 is 1.12 bits per heavy atom. The standard InChI is InChI=1S/C18H14ClN5O2/c1-26-15-9-5-4-8-13(15)21-14-10-20-24(17(25)16(14)19)18-22-11-6-2-3-7-12(11)23-18/h2-10,21H,1H3,(H,22,23). The number of para-hydroxylation sites is 4. The molecule has 0 aliphatic carbocycles. The van der Waals surface area contributed by atoms with Gasteiger partial charge in [0.2, 0.25) is 5.95 Å². The van der Waals surface area contributed by atoms with E-state index >= 15 is 0 Å².